The second-order valence-corrected chi connectivity index (χ2v) is 6.57. The highest BCUT2D eigenvalue weighted by Crippen LogP contribution is 2.38. The molecule has 1 aromatic heterocycles. The van der Waals surface area contributed by atoms with E-state index in [-0.39, 0.29) is 24.4 Å². The quantitative estimate of drug-likeness (QED) is 0.749. The molecule has 0 unspecified atom stereocenters. The topological polar surface area (TPSA) is 95.4 Å². The van der Waals surface area contributed by atoms with E-state index in [2.05, 4.69) is 4.98 Å². The summed E-state index contributed by atoms with van der Waals surface area (Å²) in [7, 11) is 1.36. The van der Waals surface area contributed by atoms with E-state index in [4.69, 9.17) is 0 Å². The predicted octanol–water partition coefficient (Wildman–Crippen LogP) is -0.764. The Balaban J connectivity index is 2.20. The van der Waals surface area contributed by atoms with Gasteiger partial charge in [0.15, 0.2) is 0 Å². The zero-order chi connectivity index (χ0) is 16.0. The van der Waals surface area contributed by atoms with Crippen LogP contribution in [0, 0.1) is 5.41 Å². The molecule has 1 aromatic rings. The molecule has 0 saturated carbocycles. The van der Waals surface area contributed by atoms with Gasteiger partial charge in [-0.3, -0.25) is 14.2 Å². The molecule has 0 aliphatic carbocycles. The second kappa shape index (κ2) is 4.84. The lowest BCUT2D eigenvalue weighted by molar-refractivity contribution is -0.130. The average molecular weight is 295 g/mol. The molecule has 1 amide bonds. The maximum absolute atomic E-state index is 12.3. The van der Waals surface area contributed by atoms with Crippen LogP contribution in [-0.4, -0.2) is 44.2 Å². The van der Waals surface area contributed by atoms with Crippen molar-refractivity contribution in [2.24, 2.45) is 12.5 Å². The van der Waals surface area contributed by atoms with Crippen molar-refractivity contribution in [3.05, 3.63) is 32.6 Å². The summed E-state index contributed by atoms with van der Waals surface area (Å²) < 4.78 is 0.937. The van der Waals surface area contributed by atoms with Crippen molar-refractivity contribution in [3.63, 3.8) is 0 Å². The molecule has 1 aliphatic heterocycles. The van der Waals surface area contributed by atoms with Gasteiger partial charge in [0.25, 0.3) is 5.56 Å². The van der Waals surface area contributed by atoms with Gasteiger partial charge in [0.1, 0.15) is 0 Å². The molecule has 1 aliphatic rings. The molecule has 0 aromatic carbocycles. The summed E-state index contributed by atoms with van der Waals surface area (Å²) in [5.74, 6) is -0.231. The number of β-amino-alcohol motifs (C(OH)–C–C–N with tert-alkyl or cyclic N) is 1. The van der Waals surface area contributed by atoms with E-state index in [1.54, 1.807) is 11.8 Å². The SMILES string of the molecule is Cn1c(=O)[nH]cc(CC(=O)N2CC(C)(C)[C@](C)(O)C2)c1=O. The van der Waals surface area contributed by atoms with Crippen molar-refractivity contribution in [2.75, 3.05) is 13.1 Å². The van der Waals surface area contributed by atoms with Crippen LogP contribution in [-0.2, 0) is 18.3 Å². The average Bonchev–Trinajstić information content (AvgIpc) is 2.59. The third kappa shape index (κ3) is 2.65. The first-order valence-electron chi connectivity index (χ1n) is 6.83. The molecule has 2 N–H and O–H groups in total. The van der Waals surface area contributed by atoms with Crippen LogP contribution < -0.4 is 11.2 Å². The Bertz CT molecular complexity index is 668. The Kier molecular flexibility index (Phi) is 3.57. The number of nitrogens with zero attached hydrogens (tertiary/aromatic N) is 2. The highest BCUT2D eigenvalue weighted by Gasteiger charge is 2.49. The minimum atomic E-state index is -0.960. The molecule has 1 atom stereocenters. The molecule has 2 rings (SSSR count). The molecule has 1 saturated heterocycles. The summed E-state index contributed by atoms with van der Waals surface area (Å²) in [6.07, 6.45) is 1.19. The van der Waals surface area contributed by atoms with E-state index in [0.717, 1.165) is 4.57 Å². The lowest BCUT2D eigenvalue weighted by atomic mass is 9.79. The van der Waals surface area contributed by atoms with Crippen molar-refractivity contribution in [1.82, 2.24) is 14.5 Å². The van der Waals surface area contributed by atoms with E-state index in [9.17, 15) is 19.5 Å². The number of rotatable bonds is 2. The zero-order valence-corrected chi connectivity index (χ0v) is 12.8. The lowest BCUT2D eigenvalue weighted by Crippen LogP contribution is -2.40. The van der Waals surface area contributed by atoms with Gasteiger partial charge in [-0.15, -0.1) is 0 Å². The number of likely N-dealkylation sites (tertiary alicyclic amines) is 1. The van der Waals surface area contributed by atoms with Crippen molar-refractivity contribution in [1.29, 1.82) is 0 Å². The van der Waals surface area contributed by atoms with Crippen molar-refractivity contribution >= 4 is 5.91 Å². The number of aliphatic hydroxyl groups is 1. The Morgan fingerprint density at radius 2 is 1.95 bits per heavy atom. The smallest absolute Gasteiger partial charge is 0.328 e. The molecule has 0 radical (unpaired) electrons. The van der Waals surface area contributed by atoms with E-state index in [1.807, 2.05) is 13.8 Å². The minimum Gasteiger partial charge on any atom is -0.388 e. The molecule has 1 fully saturated rings. The van der Waals surface area contributed by atoms with Gasteiger partial charge in [-0.1, -0.05) is 13.8 Å². The van der Waals surface area contributed by atoms with Gasteiger partial charge in [-0.05, 0) is 6.92 Å². The standard InChI is InChI=1S/C14H21N3O4/c1-13(2)7-17(8-14(13,3)21)10(18)5-9-6-15-12(20)16(4)11(9)19/h6,21H,5,7-8H2,1-4H3,(H,15,20)/t14-/m1/s1. The third-order valence-electron chi connectivity index (χ3n) is 4.49. The fraction of sp³-hybridized carbons (Fsp3) is 0.643. The molecule has 116 valence electrons. The molecule has 21 heavy (non-hydrogen) atoms. The van der Waals surface area contributed by atoms with Crippen molar-refractivity contribution in [3.8, 4) is 0 Å². The molecular formula is C14H21N3O4. The summed E-state index contributed by atoms with van der Waals surface area (Å²) in [5.41, 5.74) is -2.11. The van der Waals surface area contributed by atoms with Crippen LogP contribution in [0.2, 0.25) is 0 Å². The summed E-state index contributed by atoms with van der Waals surface area (Å²) in [6, 6.07) is 0. The summed E-state index contributed by atoms with van der Waals surface area (Å²) >= 11 is 0. The molecule has 7 heteroatoms. The molecule has 2 heterocycles. The fourth-order valence-corrected chi connectivity index (χ4v) is 2.48. The third-order valence-corrected chi connectivity index (χ3v) is 4.49. The number of hydrogen-bond donors (Lipinski definition) is 2. The van der Waals surface area contributed by atoms with E-state index < -0.39 is 22.3 Å². The fourth-order valence-electron chi connectivity index (χ4n) is 2.48. The molecular weight excluding hydrogens is 274 g/mol. The number of carbonyl (C=O) groups is 1. The molecule has 0 bridgehead atoms. The summed E-state index contributed by atoms with van der Waals surface area (Å²) in [6.45, 7) is 6.18. The summed E-state index contributed by atoms with van der Waals surface area (Å²) in [5, 5.41) is 10.3. The summed E-state index contributed by atoms with van der Waals surface area (Å²) in [4.78, 5) is 39.5. The number of hydrogen-bond acceptors (Lipinski definition) is 4. The highest BCUT2D eigenvalue weighted by molar-refractivity contribution is 5.79. The highest BCUT2D eigenvalue weighted by atomic mass is 16.3. The Morgan fingerprint density at radius 3 is 2.48 bits per heavy atom. The first kappa shape index (κ1) is 15.5. The van der Waals surface area contributed by atoms with Crippen LogP contribution in [0.4, 0.5) is 0 Å². The minimum absolute atomic E-state index is 0.0877. The van der Waals surface area contributed by atoms with Gasteiger partial charge >= 0.3 is 5.69 Å². The zero-order valence-electron chi connectivity index (χ0n) is 12.8. The van der Waals surface area contributed by atoms with E-state index >= 15 is 0 Å². The Morgan fingerprint density at radius 1 is 1.33 bits per heavy atom. The van der Waals surface area contributed by atoms with Gasteiger partial charge in [0.05, 0.1) is 12.0 Å². The van der Waals surface area contributed by atoms with Crippen LogP contribution in [0.25, 0.3) is 0 Å². The van der Waals surface area contributed by atoms with Gasteiger partial charge in [0.2, 0.25) is 5.91 Å². The van der Waals surface area contributed by atoms with Crippen LogP contribution >= 0.6 is 0 Å². The van der Waals surface area contributed by atoms with Gasteiger partial charge in [-0.25, -0.2) is 4.79 Å². The van der Waals surface area contributed by atoms with Gasteiger partial charge in [0, 0.05) is 37.3 Å². The first-order chi connectivity index (χ1) is 9.55. The van der Waals surface area contributed by atoms with Gasteiger partial charge < -0.3 is 15.0 Å². The predicted molar refractivity (Wildman–Crippen MR) is 77.0 cm³/mol. The Hall–Kier alpha value is -1.89. The Labute approximate surface area is 122 Å². The number of nitrogens with one attached hydrogen (secondary N) is 1. The van der Waals surface area contributed by atoms with Crippen molar-refractivity contribution in [2.45, 2.75) is 32.8 Å². The molecule has 0 spiro atoms. The van der Waals surface area contributed by atoms with E-state index in [0.29, 0.717) is 6.54 Å². The number of H-pyrrole nitrogens is 1. The molecule has 7 nitrogen and oxygen atoms in total. The number of aromatic nitrogens is 2. The monoisotopic (exact) mass is 295 g/mol. The normalized spacial score (nSPS) is 24.3. The number of carbonyl (C=O) groups excluding carboxylic acids is 1. The van der Waals surface area contributed by atoms with Crippen molar-refractivity contribution < 1.29 is 9.90 Å². The maximum Gasteiger partial charge on any atom is 0.328 e. The first-order valence-corrected chi connectivity index (χ1v) is 6.83. The lowest BCUT2D eigenvalue weighted by Gasteiger charge is -2.30. The number of aromatic amines is 1. The van der Waals surface area contributed by atoms with Crippen LogP contribution in [0.5, 0.6) is 0 Å². The van der Waals surface area contributed by atoms with Crippen LogP contribution in [0.1, 0.15) is 26.3 Å². The van der Waals surface area contributed by atoms with Crippen LogP contribution in [0.15, 0.2) is 15.8 Å². The maximum atomic E-state index is 12.3. The van der Waals surface area contributed by atoms with Gasteiger partial charge in [-0.2, -0.15) is 0 Å². The largest absolute Gasteiger partial charge is 0.388 e. The second-order valence-electron chi connectivity index (χ2n) is 6.57. The van der Waals surface area contributed by atoms with E-state index in [1.165, 1.54) is 13.2 Å². The van der Waals surface area contributed by atoms with Crippen LogP contribution in [0.3, 0.4) is 0 Å². The number of amides is 1.